The summed E-state index contributed by atoms with van der Waals surface area (Å²) in [4.78, 5) is 16.0. The van der Waals surface area contributed by atoms with Gasteiger partial charge in [-0.3, -0.25) is 4.79 Å². The van der Waals surface area contributed by atoms with E-state index in [1.165, 1.54) is 6.42 Å². The van der Waals surface area contributed by atoms with Gasteiger partial charge in [0.1, 0.15) is 0 Å². The van der Waals surface area contributed by atoms with Gasteiger partial charge in [-0.05, 0) is 26.3 Å². The van der Waals surface area contributed by atoms with Gasteiger partial charge in [-0.2, -0.15) is 0 Å². The van der Waals surface area contributed by atoms with Gasteiger partial charge >= 0.3 is 0 Å². The number of rotatable bonds is 8. The number of carbonyl (C=O) groups excluding carboxylic acids is 1. The average molecular weight is 257 g/mol. The molecule has 0 spiro atoms. The molecule has 0 aromatic rings. The molecule has 0 unspecified atom stereocenters. The average Bonchev–Trinajstić information content (AvgIpc) is 2.42. The predicted octanol–water partition coefficient (Wildman–Crippen LogP) is 0.167. The van der Waals surface area contributed by atoms with E-state index in [1.807, 2.05) is 4.90 Å². The molecule has 1 rings (SSSR count). The van der Waals surface area contributed by atoms with Crippen molar-refractivity contribution in [2.75, 3.05) is 60.0 Å². The lowest BCUT2D eigenvalue weighted by atomic mass is 10.1. The standard InChI is InChI=1S/C13H27N3O2/c1-15(10-11-18-2)9-6-14-12-13(17)16-7-4-3-5-8-16/h14H,3-12H2,1-2H3. The third-order valence-electron chi connectivity index (χ3n) is 3.33. The van der Waals surface area contributed by atoms with Crippen molar-refractivity contribution in [3.8, 4) is 0 Å². The van der Waals surface area contributed by atoms with Crippen LogP contribution in [0.25, 0.3) is 0 Å². The molecule has 1 fully saturated rings. The third-order valence-corrected chi connectivity index (χ3v) is 3.33. The van der Waals surface area contributed by atoms with Crippen molar-refractivity contribution in [3.05, 3.63) is 0 Å². The van der Waals surface area contributed by atoms with Crippen molar-refractivity contribution < 1.29 is 9.53 Å². The van der Waals surface area contributed by atoms with Crippen LogP contribution < -0.4 is 5.32 Å². The van der Waals surface area contributed by atoms with E-state index in [0.29, 0.717) is 6.54 Å². The number of nitrogens with zero attached hydrogens (tertiary/aromatic N) is 2. The molecule has 5 heteroatoms. The fourth-order valence-corrected chi connectivity index (χ4v) is 2.08. The number of carbonyl (C=O) groups is 1. The van der Waals surface area contributed by atoms with Crippen LogP contribution in [0.15, 0.2) is 0 Å². The van der Waals surface area contributed by atoms with Crippen LogP contribution in [0.4, 0.5) is 0 Å². The number of ether oxygens (including phenoxy) is 1. The van der Waals surface area contributed by atoms with Gasteiger partial charge < -0.3 is 19.9 Å². The second-order valence-corrected chi connectivity index (χ2v) is 4.91. The summed E-state index contributed by atoms with van der Waals surface area (Å²) in [5.41, 5.74) is 0. The van der Waals surface area contributed by atoms with Gasteiger partial charge in [-0.25, -0.2) is 0 Å². The van der Waals surface area contributed by atoms with E-state index in [4.69, 9.17) is 4.74 Å². The molecule has 1 amide bonds. The molecule has 106 valence electrons. The summed E-state index contributed by atoms with van der Waals surface area (Å²) in [6.45, 7) is 5.82. The molecule has 5 nitrogen and oxygen atoms in total. The molecule has 0 saturated carbocycles. The number of nitrogens with one attached hydrogen (secondary N) is 1. The Morgan fingerprint density at radius 1 is 1.28 bits per heavy atom. The summed E-state index contributed by atoms with van der Waals surface area (Å²) in [6, 6.07) is 0. The van der Waals surface area contributed by atoms with Crippen LogP contribution in [-0.2, 0) is 9.53 Å². The molecule has 0 aliphatic carbocycles. The number of hydrogen-bond donors (Lipinski definition) is 1. The van der Waals surface area contributed by atoms with Crippen LogP contribution in [0.1, 0.15) is 19.3 Å². The molecule has 1 N–H and O–H groups in total. The fraction of sp³-hybridized carbons (Fsp3) is 0.923. The Hall–Kier alpha value is -0.650. The molecule has 1 heterocycles. The first kappa shape index (κ1) is 15.4. The van der Waals surface area contributed by atoms with E-state index in [1.54, 1.807) is 7.11 Å². The van der Waals surface area contributed by atoms with E-state index in [-0.39, 0.29) is 5.91 Å². The van der Waals surface area contributed by atoms with Gasteiger partial charge in [0.25, 0.3) is 0 Å². The summed E-state index contributed by atoms with van der Waals surface area (Å²) in [6.07, 6.45) is 3.58. The first-order chi connectivity index (χ1) is 8.74. The maximum absolute atomic E-state index is 11.8. The van der Waals surface area contributed by atoms with Gasteiger partial charge in [-0.15, -0.1) is 0 Å². The van der Waals surface area contributed by atoms with Gasteiger partial charge in [-0.1, -0.05) is 0 Å². The van der Waals surface area contributed by atoms with Crippen molar-refractivity contribution in [3.63, 3.8) is 0 Å². The normalized spacial score (nSPS) is 16.3. The summed E-state index contributed by atoms with van der Waals surface area (Å²) < 4.78 is 5.01. The zero-order valence-corrected chi connectivity index (χ0v) is 11.8. The number of amides is 1. The molecular weight excluding hydrogens is 230 g/mol. The molecule has 0 radical (unpaired) electrons. The Labute approximate surface area is 110 Å². The first-order valence-electron chi connectivity index (χ1n) is 6.90. The van der Waals surface area contributed by atoms with Crippen LogP contribution in [0.5, 0.6) is 0 Å². The van der Waals surface area contributed by atoms with Gasteiger partial charge in [0, 0.05) is 39.8 Å². The Bertz CT molecular complexity index is 230. The van der Waals surface area contributed by atoms with E-state index < -0.39 is 0 Å². The third kappa shape index (κ3) is 6.33. The van der Waals surface area contributed by atoms with Crippen molar-refractivity contribution in [1.29, 1.82) is 0 Å². The number of methoxy groups -OCH3 is 1. The van der Waals surface area contributed by atoms with Gasteiger partial charge in [0.2, 0.25) is 5.91 Å². The summed E-state index contributed by atoms with van der Waals surface area (Å²) in [5, 5.41) is 3.22. The Kier molecular flexibility index (Phi) is 7.96. The smallest absolute Gasteiger partial charge is 0.236 e. The number of likely N-dealkylation sites (tertiary alicyclic amines) is 1. The minimum absolute atomic E-state index is 0.245. The SMILES string of the molecule is COCCN(C)CCNCC(=O)N1CCCCC1. The Morgan fingerprint density at radius 3 is 2.67 bits per heavy atom. The zero-order chi connectivity index (χ0) is 13.2. The Morgan fingerprint density at radius 2 is 2.00 bits per heavy atom. The summed E-state index contributed by atoms with van der Waals surface area (Å²) in [5.74, 6) is 0.245. The van der Waals surface area contributed by atoms with Crippen molar-refractivity contribution >= 4 is 5.91 Å². The highest BCUT2D eigenvalue weighted by Gasteiger charge is 2.15. The largest absolute Gasteiger partial charge is 0.383 e. The van der Waals surface area contributed by atoms with Gasteiger partial charge in [0.05, 0.1) is 13.2 Å². The molecule has 0 aromatic carbocycles. The number of hydrogen-bond acceptors (Lipinski definition) is 4. The van der Waals surface area contributed by atoms with Crippen molar-refractivity contribution in [2.45, 2.75) is 19.3 Å². The number of likely N-dealkylation sites (N-methyl/N-ethyl adjacent to an activating group) is 1. The lowest BCUT2D eigenvalue weighted by Crippen LogP contribution is -2.42. The second-order valence-electron chi connectivity index (χ2n) is 4.91. The highest BCUT2D eigenvalue weighted by atomic mass is 16.5. The molecule has 1 aliphatic rings. The summed E-state index contributed by atoms with van der Waals surface area (Å²) >= 11 is 0. The number of piperidine rings is 1. The molecule has 0 atom stereocenters. The van der Waals surface area contributed by atoms with Crippen molar-refractivity contribution in [1.82, 2.24) is 15.1 Å². The highest BCUT2D eigenvalue weighted by molar-refractivity contribution is 5.78. The van der Waals surface area contributed by atoms with Crippen LogP contribution in [0, 0.1) is 0 Å². The van der Waals surface area contributed by atoms with Crippen molar-refractivity contribution in [2.24, 2.45) is 0 Å². The van der Waals surface area contributed by atoms with E-state index in [9.17, 15) is 4.79 Å². The highest BCUT2D eigenvalue weighted by Crippen LogP contribution is 2.07. The molecule has 1 saturated heterocycles. The Balaban J connectivity index is 2.01. The molecule has 18 heavy (non-hydrogen) atoms. The van der Waals surface area contributed by atoms with Gasteiger partial charge in [0.15, 0.2) is 0 Å². The molecule has 0 bridgehead atoms. The minimum atomic E-state index is 0.245. The van der Waals surface area contributed by atoms with Crippen LogP contribution in [0.3, 0.4) is 0 Å². The maximum Gasteiger partial charge on any atom is 0.236 e. The fourth-order valence-electron chi connectivity index (χ4n) is 2.08. The van der Waals surface area contributed by atoms with Crippen LogP contribution >= 0.6 is 0 Å². The quantitative estimate of drug-likeness (QED) is 0.630. The van der Waals surface area contributed by atoms with Crippen LogP contribution in [0.2, 0.25) is 0 Å². The monoisotopic (exact) mass is 257 g/mol. The van der Waals surface area contributed by atoms with E-state index >= 15 is 0 Å². The topological polar surface area (TPSA) is 44.8 Å². The molecule has 0 aromatic heterocycles. The lowest BCUT2D eigenvalue weighted by Gasteiger charge is -2.27. The lowest BCUT2D eigenvalue weighted by molar-refractivity contribution is -0.131. The minimum Gasteiger partial charge on any atom is -0.383 e. The van der Waals surface area contributed by atoms with Crippen LogP contribution in [-0.4, -0.2) is 75.7 Å². The zero-order valence-electron chi connectivity index (χ0n) is 11.8. The predicted molar refractivity (Wildman–Crippen MR) is 72.7 cm³/mol. The second kappa shape index (κ2) is 9.30. The van der Waals surface area contributed by atoms with E-state index in [2.05, 4.69) is 17.3 Å². The maximum atomic E-state index is 11.8. The molecule has 1 aliphatic heterocycles. The summed E-state index contributed by atoms with van der Waals surface area (Å²) in [7, 11) is 3.77. The molecular formula is C13H27N3O2. The van der Waals surface area contributed by atoms with E-state index in [0.717, 1.165) is 52.2 Å². The first-order valence-corrected chi connectivity index (χ1v) is 6.90.